The second-order valence-corrected chi connectivity index (χ2v) is 9.14. The summed E-state index contributed by atoms with van der Waals surface area (Å²) in [6.45, 7) is 0. The molecule has 0 saturated carbocycles. The van der Waals surface area contributed by atoms with Crippen LogP contribution in [0.1, 0.15) is 20.7 Å². The summed E-state index contributed by atoms with van der Waals surface area (Å²) in [5.41, 5.74) is 1.19. The van der Waals surface area contributed by atoms with Crippen LogP contribution >= 0.6 is 34.9 Å². The first-order valence-corrected chi connectivity index (χ1v) is 11.3. The predicted octanol–water partition coefficient (Wildman–Crippen LogP) is 4.51. The van der Waals surface area contributed by atoms with E-state index < -0.39 is 0 Å². The number of methoxy groups -OCH3 is 2. The minimum atomic E-state index is -0.00787. The van der Waals surface area contributed by atoms with E-state index in [-0.39, 0.29) is 23.1 Å². The first kappa shape index (κ1) is 21.4. The monoisotopic (exact) mass is 446 g/mol. The topological polar surface area (TPSA) is 78.4 Å². The fourth-order valence-corrected chi connectivity index (χ4v) is 5.14. The highest BCUT2D eigenvalue weighted by atomic mass is 32.2. The molecule has 0 N–H and O–H groups in total. The van der Waals surface area contributed by atoms with E-state index in [1.165, 1.54) is 34.9 Å². The van der Waals surface area contributed by atoms with Crippen molar-refractivity contribution in [2.75, 3.05) is 25.7 Å². The van der Waals surface area contributed by atoms with Crippen molar-refractivity contribution in [3.05, 3.63) is 59.7 Å². The molecule has 3 rings (SSSR count). The van der Waals surface area contributed by atoms with Crippen LogP contribution in [0.5, 0.6) is 11.5 Å². The van der Waals surface area contributed by atoms with Gasteiger partial charge >= 0.3 is 0 Å². The molecule has 0 fully saturated rings. The normalized spacial score (nSPS) is 10.6. The number of nitrogens with zero attached hydrogens (tertiary/aromatic N) is 2. The van der Waals surface area contributed by atoms with Gasteiger partial charge in [0.15, 0.2) is 20.2 Å². The molecule has 6 nitrogen and oxygen atoms in total. The molecule has 0 atom stereocenters. The minimum Gasteiger partial charge on any atom is -0.497 e. The zero-order valence-electron chi connectivity index (χ0n) is 15.8. The molecule has 1 aromatic heterocycles. The fraction of sp³-hybridized carbons (Fsp3) is 0.200. The number of Topliss-reactive ketones (excluding diaryl/α,β-unsaturated/α-hetero) is 2. The van der Waals surface area contributed by atoms with Crippen LogP contribution in [-0.4, -0.2) is 47.5 Å². The molecule has 0 aliphatic carbocycles. The van der Waals surface area contributed by atoms with Crippen molar-refractivity contribution < 1.29 is 19.1 Å². The number of hydrogen-bond donors (Lipinski definition) is 0. The number of carbonyl (C=O) groups is 2. The van der Waals surface area contributed by atoms with Crippen LogP contribution in [0.15, 0.2) is 57.2 Å². The van der Waals surface area contributed by atoms with E-state index in [4.69, 9.17) is 9.47 Å². The highest BCUT2D eigenvalue weighted by Crippen LogP contribution is 2.30. The molecular weight excluding hydrogens is 428 g/mol. The molecule has 1 heterocycles. The Morgan fingerprint density at radius 2 is 1.28 bits per heavy atom. The molecule has 3 aromatic rings. The van der Waals surface area contributed by atoms with Crippen LogP contribution in [0.4, 0.5) is 0 Å². The van der Waals surface area contributed by atoms with Crippen molar-refractivity contribution in [2.24, 2.45) is 0 Å². The Morgan fingerprint density at radius 1 is 0.828 bits per heavy atom. The SMILES string of the molecule is COc1cccc(C(=O)CSc2nnc(SCC(=O)c3cccc(OC)c3)s2)c1. The smallest absolute Gasteiger partial charge is 0.175 e. The van der Waals surface area contributed by atoms with Crippen LogP contribution in [0.25, 0.3) is 0 Å². The van der Waals surface area contributed by atoms with Crippen LogP contribution in [0, 0.1) is 0 Å². The molecule has 0 aliphatic heterocycles. The van der Waals surface area contributed by atoms with Gasteiger partial charge in [-0.25, -0.2) is 0 Å². The Balaban J connectivity index is 1.51. The van der Waals surface area contributed by atoms with Crippen LogP contribution in [-0.2, 0) is 0 Å². The highest BCUT2D eigenvalue weighted by molar-refractivity contribution is 8.03. The lowest BCUT2D eigenvalue weighted by atomic mass is 10.1. The quantitative estimate of drug-likeness (QED) is 0.333. The van der Waals surface area contributed by atoms with E-state index >= 15 is 0 Å². The van der Waals surface area contributed by atoms with Gasteiger partial charge in [0.2, 0.25) is 0 Å². The lowest BCUT2D eigenvalue weighted by Crippen LogP contribution is -2.02. The average molecular weight is 447 g/mol. The summed E-state index contributed by atoms with van der Waals surface area (Å²) in [5, 5.41) is 8.19. The molecule has 0 bridgehead atoms. The number of carbonyl (C=O) groups excluding carboxylic acids is 2. The van der Waals surface area contributed by atoms with Crippen molar-refractivity contribution in [1.82, 2.24) is 10.2 Å². The Kier molecular flexibility index (Phi) is 7.68. The average Bonchev–Trinajstić information content (AvgIpc) is 3.23. The highest BCUT2D eigenvalue weighted by Gasteiger charge is 2.13. The first-order valence-electron chi connectivity index (χ1n) is 8.52. The maximum absolute atomic E-state index is 12.3. The summed E-state index contributed by atoms with van der Waals surface area (Å²) in [5.74, 6) is 1.80. The standard InChI is InChI=1S/C20H18N2O4S3/c1-25-15-7-3-5-13(9-15)17(23)11-27-19-21-22-20(29-19)28-12-18(24)14-6-4-8-16(10-14)26-2/h3-10H,11-12H2,1-2H3. The van der Waals surface area contributed by atoms with Gasteiger partial charge in [0, 0.05) is 11.1 Å². The molecule has 9 heteroatoms. The molecule has 2 aromatic carbocycles. The molecule has 0 amide bonds. The lowest BCUT2D eigenvalue weighted by molar-refractivity contribution is 0.101. The molecule has 29 heavy (non-hydrogen) atoms. The van der Waals surface area contributed by atoms with Crippen LogP contribution in [0.3, 0.4) is 0 Å². The molecule has 0 unspecified atom stereocenters. The van der Waals surface area contributed by atoms with Crippen molar-refractivity contribution in [3.63, 3.8) is 0 Å². The van der Waals surface area contributed by atoms with E-state index in [0.717, 1.165) is 0 Å². The van der Waals surface area contributed by atoms with Crippen molar-refractivity contribution in [2.45, 2.75) is 8.68 Å². The molecule has 150 valence electrons. The Bertz CT molecular complexity index is 929. The third-order valence-corrected chi connectivity index (χ3v) is 7.01. The van der Waals surface area contributed by atoms with Gasteiger partial charge in [-0.15, -0.1) is 10.2 Å². The van der Waals surface area contributed by atoms with Crippen molar-refractivity contribution >= 4 is 46.4 Å². The van der Waals surface area contributed by atoms with Gasteiger partial charge in [0.1, 0.15) is 11.5 Å². The van der Waals surface area contributed by atoms with E-state index in [1.807, 2.05) is 0 Å². The minimum absolute atomic E-state index is 0.00787. The summed E-state index contributed by atoms with van der Waals surface area (Å²) in [6.07, 6.45) is 0. The summed E-state index contributed by atoms with van der Waals surface area (Å²) in [7, 11) is 3.13. The molecule has 0 radical (unpaired) electrons. The third kappa shape index (κ3) is 6.06. The largest absolute Gasteiger partial charge is 0.497 e. The van der Waals surface area contributed by atoms with Gasteiger partial charge < -0.3 is 9.47 Å². The van der Waals surface area contributed by atoms with E-state index in [2.05, 4.69) is 10.2 Å². The summed E-state index contributed by atoms with van der Waals surface area (Å²) in [6, 6.07) is 14.1. The summed E-state index contributed by atoms with van der Waals surface area (Å²) < 4.78 is 11.7. The Labute approximate surface area is 181 Å². The molecular formula is C20H18N2O4S3. The Morgan fingerprint density at radius 3 is 1.69 bits per heavy atom. The van der Waals surface area contributed by atoms with Gasteiger partial charge in [0.05, 0.1) is 25.7 Å². The summed E-state index contributed by atoms with van der Waals surface area (Å²) in [4.78, 5) is 24.7. The number of thioether (sulfide) groups is 2. The molecule has 0 aliphatic rings. The third-order valence-electron chi connectivity index (χ3n) is 3.82. The second kappa shape index (κ2) is 10.4. The van der Waals surface area contributed by atoms with Gasteiger partial charge in [-0.2, -0.15) is 0 Å². The number of benzene rings is 2. The first-order chi connectivity index (χ1) is 14.1. The summed E-state index contributed by atoms with van der Waals surface area (Å²) >= 11 is 4.04. The maximum Gasteiger partial charge on any atom is 0.175 e. The van der Waals surface area contributed by atoms with Crippen LogP contribution in [0.2, 0.25) is 0 Å². The number of ketones is 2. The van der Waals surface area contributed by atoms with E-state index in [9.17, 15) is 9.59 Å². The number of aromatic nitrogens is 2. The zero-order chi connectivity index (χ0) is 20.6. The molecule has 0 saturated heterocycles. The van der Waals surface area contributed by atoms with Gasteiger partial charge in [0.25, 0.3) is 0 Å². The van der Waals surface area contributed by atoms with Gasteiger partial charge in [-0.1, -0.05) is 59.1 Å². The second-order valence-electron chi connectivity index (χ2n) is 5.72. The fourth-order valence-electron chi connectivity index (χ4n) is 2.33. The molecule has 0 spiro atoms. The Hall–Kier alpha value is -2.36. The van der Waals surface area contributed by atoms with Crippen molar-refractivity contribution in [3.8, 4) is 11.5 Å². The van der Waals surface area contributed by atoms with Gasteiger partial charge in [-0.3, -0.25) is 9.59 Å². The zero-order valence-corrected chi connectivity index (χ0v) is 18.2. The number of hydrogen-bond acceptors (Lipinski definition) is 9. The number of rotatable bonds is 10. The predicted molar refractivity (Wildman–Crippen MR) is 116 cm³/mol. The maximum atomic E-state index is 12.3. The van der Waals surface area contributed by atoms with Gasteiger partial charge in [-0.05, 0) is 24.3 Å². The lowest BCUT2D eigenvalue weighted by Gasteiger charge is -2.03. The van der Waals surface area contributed by atoms with Crippen LogP contribution < -0.4 is 9.47 Å². The van der Waals surface area contributed by atoms with E-state index in [0.29, 0.717) is 31.3 Å². The van der Waals surface area contributed by atoms with Crippen molar-refractivity contribution in [1.29, 1.82) is 0 Å². The number of ether oxygens (including phenoxy) is 2. The van der Waals surface area contributed by atoms with E-state index in [1.54, 1.807) is 62.8 Å².